The number of allylic oxidation sites excluding steroid dienone is 3. The lowest BCUT2D eigenvalue weighted by atomic mass is 9.39. The minimum atomic E-state index is -0.814. The molecule has 2 aliphatic heterocycles. The van der Waals surface area contributed by atoms with Crippen molar-refractivity contribution in [1.82, 2.24) is 29.9 Å². The molecule has 4 aliphatic carbocycles. The molecule has 4 saturated carbocycles. The van der Waals surface area contributed by atoms with Crippen molar-refractivity contribution in [3.05, 3.63) is 82.5 Å². The van der Waals surface area contributed by atoms with E-state index in [9.17, 15) is 15.6 Å². The number of aliphatic hydroxyl groups is 2. The Labute approximate surface area is 327 Å². The second-order valence-electron chi connectivity index (χ2n) is 17.9. The van der Waals surface area contributed by atoms with Gasteiger partial charge in [0.25, 0.3) is 5.95 Å². The molecule has 12 nitrogen and oxygen atoms in total. The number of aliphatic hydroxyl groups excluding tert-OH is 1. The Balaban J connectivity index is 1.04. The predicted octanol–water partition coefficient (Wildman–Crippen LogP) is 7.69. The normalized spacial score (nSPS) is 30.2. The molecule has 9 rings (SSSR count). The lowest BCUT2D eigenvalue weighted by molar-refractivity contribution is -0.248. The maximum absolute atomic E-state index is 10.6. The molecule has 3 aromatic rings. The number of nitrogens with zero attached hydrogens (tertiary/aromatic N) is 6. The second kappa shape index (κ2) is 13.6. The maximum atomic E-state index is 10.6. The zero-order valence-corrected chi connectivity index (χ0v) is 33.8. The van der Waals surface area contributed by atoms with E-state index in [0.717, 1.165) is 78.0 Å². The number of dihydropyridines is 1. The molecule has 1 saturated heterocycles. The van der Waals surface area contributed by atoms with E-state index in [0.29, 0.717) is 41.2 Å². The summed E-state index contributed by atoms with van der Waals surface area (Å²) < 4.78 is 10.0. The Morgan fingerprint density at radius 1 is 1.09 bits per heavy atom. The number of rotatable bonds is 10. The summed E-state index contributed by atoms with van der Waals surface area (Å²) in [4.78, 5) is 13.3. The zero-order chi connectivity index (χ0) is 38.9. The number of likely N-dealkylation sites (N-methyl/N-ethyl adjacent to an activating group) is 1. The van der Waals surface area contributed by atoms with Crippen molar-refractivity contribution < 1.29 is 14.9 Å². The molecule has 0 radical (unpaired) electrons. The molecule has 5 fully saturated rings. The average molecular weight is 766 g/mol. The number of para-hydroxylation sites is 1. The topological polar surface area (TPSA) is 161 Å². The van der Waals surface area contributed by atoms with Gasteiger partial charge < -0.3 is 35.8 Å². The van der Waals surface area contributed by atoms with Crippen LogP contribution in [0.25, 0.3) is 15.8 Å². The number of nitrogens with two attached hydrogens (primary N) is 1. The first-order valence-electron chi connectivity index (χ1n) is 19.5. The van der Waals surface area contributed by atoms with Crippen molar-refractivity contribution in [1.29, 1.82) is 5.41 Å². The number of aromatic nitrogens is 3. The van der Waals surface area contributed by atoms with Gasteiger partial charge >= 0.3 is 0 Å². The van der Waals surface area contributed by atoms with Crippen LogP contribution in [0.4, 0.5) is 5.13 Å². The van der Waals surface area contributed by atoms with Crippen LogP contribution in [0.1, 0.15) is 83.4 Å². The van der Waals surface area contributed by atoms with E-state index in [4.69, 9.17) is 15.6 Å². The number of hydrogen-bond donors (Lipinski definition) is 5. The molecule has 6 N–H and O–H groups in total. The van der Waals surface area contributed by atoms with Crippen LogP contribution in [0.15, 0.2) is 76.2 Å². The fraction of sp³-hybridized carbons (Fsp3) is 0.524. The van der Waals surface area contributed by atoms with Gasteiger partial charge in [-0.15, -0.1) is 0 Å². The number of amidine groups is 2. The number of piperidine rings is 1. The van der Waals surface area contributed by atoms with Gasteiger partial charge in [-0.3, -0.25) is 10.1 Å². The van der Waals surface area contributed by atoms with E-state index in [2.05, 4.69) is 59.7 Å². The monoisotopic (exact) mass is 765 g/mol. The summed E-state index contributed by atoms with van der Waals surface area (Å²) in [5.41, 5.74) is 12.0. The van der Waals surface area contributed by atoms with Crippen LogP contribution in [0.2, 0.25) is 0 Å². The largest absolute Gasteiger partial charge is 0.480 e. The molecule has 4 bridgehead atoms. The highest BCUT2D eigenvalue weighted by Crippen LogP contribution is 2.72. The summed E-state index contributed by atoms with van der Waals surface area (Å²) in [6.45, 7) is 12.0. The summed E-state index contributed by atoms with van der Waals surface area (Å²) >= 11 is 1.48. The number of nitrogens with one attached hydrogen (secondary N) is 2. The van der Waals surface area contributed by atoms with Crippen molar-refractivity contribution >= 4 is 43.9 Å². The number of likely N-dealkylation sites (tertiary alicyclic amines) is 1. The molecule has 0 amide bonds. The van der Waals surface area contributed by atoms with E-state index in [1.165, 1.54) is 30.6 Å². The van der Waals surface area contributed by atoms with Crippen molar-refractivity contribution in [3.63, 3.8) is 0 Å². The summed E-state index contributed by atoms with van der Waals surface area (Å²) in [5.74, 6) is 0.392. The molecule has 2 unspecified atom stereocenters. The highest BCUT2D eigenvalue weighted by atomic mass is 32.1. The number of hydrogen-bond acceptors (Lipinski definition) is 10. The Morgan fingerprint density at radius 2 is 1.84 bits per heavy atom. The van der Waals surface area contributed by atoms with Crippen molar-refractivity contribution in [2.75, 3.05) is 33.8 Å². The van der Waals surface area contributed by atoms with Crippen LogP contribution in [-0.2, 0) is 11.3 Å². The first-order chi connectivity index (χ1) is 26.1. The summed E-state index contributed by atoms with van der Waals surface area (Å²) in [6.07, 6.45) is 14.0. The second-order valence-corrected chi connectivity index (χ2v) is 19.0. The summed E-state index contributed by atoms with van der Waals surface area (Å²) in [6, 6.07) is 7.89. The van der Waals surface area contributed by atoms with Gasteiger partial charge in [-0.25, -0.2) is 9.98 Å². The van der Waals surface area contributed by atoms with Crippen LogP contribution in [0.3, 0.4) is 0 Å². The standard InChI is InChI=1S/C42H55N9O3S/c1-26(35(43)48-38-46-31-11-7-8-12-32(31)55-38)28-10-9-15-50(36(28)44)33-14-13-29(34(47-33)37(52)53)30-18-45-51(27(30)2)25-41-20-39(3)19-40(4,21-41)23-42(22-39,24-41)54-17-16-49(5)6/h7-8,11-14,18,44,47,52-53H,9-10,15-17,19-25H2,1-6H3,(H2,43,46,48)/b28-26-,44-36?/t39-,40+,41?,42?. The van der Waals surface area contributed by atoms with Gasteiger partial charge in [-0.05, 0) is 125 Å². The van der Waals surface area contributed by atoms with Crippen LogP contribution in [0, 0.1) is 28.6 Å². The summed E-state index contributed by atoms with van der Waals surface area (Å²) in [7, 11) is 4.20. The number of aliphatic imine (C=N–C) groups is 1. The molecule has 1 aromatic carbocycles. The summed E-state index contributed by atoms with van der Waals surface area (Å²) in [5, 5.41) is 39.3. The van der Waals surface area contributed by atoms with Gasteiger partial charge in [0.15, 0.2) is 0 Å². The third-order valence-electron chi connectivity index (χ3n) is 12.6. The van der Waals surface area contributed by atoms with Gasteiger partial charge in [-0.2, -0.15) is 5.10 Å². The fourth-order valence-corrected chi connectivity index (χ4v) is 12.3. The quantitative estimate of drug-likeness (QED) is 0.0792. The van der Waals surface area contributed by atoms with Gasteiger partial charge in [0.2, 0.25) is 5.13 Å². The molecule has 0 spiro atoms. The Hall–Kier alpha value is -4.46. The Kier molecular flexibility index (Phi) is 9.28. The lowest BCUT2D eigenvalue weighted by Crippen LogP contribution is -2.64. The molecule has 2 aromatic heterocycles. The number of thiazole rings is 1. The average Bonchev–Trinajstić information content (AvgIpc) is 3.67. The molecular formula is C42H55N9O3S. The van der Waals surface area contributed by atoms with E-state index in [1.807, 2.05) is 54.4 Å². The van der Waals surface area contributed by atoms with Gasteiger partial charge in [-0.1, -0.05) is 37.3 Å². The first-order valence-corrected chi connectivity index (χ1v) is 20.3. The third kappa shape index (κ3) is 6.99. The SMILES string of the molecule is CC(=C1\CCCN(C2=CC=C(c3cnn(CC45CC6(OCCN(C)C)C[C@](C)(C4)C[C@](C)(C5)C6)c3C)C(=C(O)O)N2)C1=N)/C(N)=N\c1nc2ccccc2s1. The highest BCUT2D eigenvalue weighted by molar-refractivity contribution is 7.22. The van der Waals surface area contributed by atoms with Crippen molar-refractivity contribution in [2.45, 2.75) is 91.2 Å². The van der Waals surface area contributed by atoms with Crippen molar-refractivity contribution in [2.24, 2.45) is 27.0 Å². The number of ether oxygens (including phenoxy) is 1. The van der Waals surface area contributed by atoms with E-state index in [-0.39, 0.29) is 27.5 Å². The van der Waals surface area contributed by atoms with Gasteiger partial charge in [0, 0.05) is 42.0 Å². The van der Waals surface area contributed by atoms with Gasteiger partial charge in [0.05, 0.1) is 28.6 Å². The molecule has 4 heterocycles. The van der Waals surface area contributed by atoms with Gasteiger partial charge in [0.1, 0.15) is 23.2 Å². The van der Waals surface area contributed by atoms with Crippen LogP contribution in [0.5, 0.6) is 0 Å². The molecular weight excluding hydrogens is 711 g/mol. The Bertz CT molecular complexity index is 2150. The highest BCUT2D eigenvalue weighted by Gasteiger charge is 2.66. The molecule has 55 heavy (non-hydrogen) atoms. The van der Waals surface area contributed by atoms with E-state index in [1.54, 1.807) is 0 Å². The van der Waals surface area contributed by atoms with Crippen LogP contribution >= 0.6 is 11.3 Å². The zero-order valence-electron chi connectivity index (χ0n) is 33.0. The molecule has 6 aliphatic rings. The smallest absolute Gasteiger partial charge is 0.299 e. The molecule has 4 atom stereocenters. The molecule has 292 valence electrons. The van der Waals surface area contributed by atoms with E-state index < -0.39 is 5.95 Å². The lowest BCUT2D eigenvalue weighted by Gasteiger charge is -2.69. The third-order valence-corrected chi connectivity index (χ3v) is 13.6. The number of fused-ring (bicyclic) bond motifs is 1. The Morgan fingerprint density at radius 3 is 2.55 bits per heavy atom. The van der Waals surface area contributed by atoms with Crippen LogP contribution < -0.4 is 11.1 Å². The maximum Gasteiger partial charge on any atom is 0.299 e. The minimum Gasteiger partial charge on any atom is -0.480 e. The van der Waals surface area contributed by atoms with Crippen LogP contribution in [-0.4, -0.2) is 85.8 Å². The minimum absolute atomic E-state index is 0.0783. The first kappa shape index (κ1) is 37.5. The van der Waals surface area contributed by atoms with E-state index >= 15 is 0 Å². The predicted molar refractivity (Wildman–Crippen MR) is 219 cm³/mol. The van der Waals surface area contributed by atoms with Crippen molar-refractivity contribution in [3.8, 4) is 0 Å². The molecule has 13 heteroatoms. The fourth-order valence-electron chi connectivity index (χ4n) is 11.5. The number of benzene rings is 1.